The maximum Gasteiger partial charge on any atom is 0.329 e. The number of hydrogen-bond acceptors (Lipinski definition) is 3. The molecule has 0 bridgehead atoms. The van der Waals surface area contributed by atoms with Crippen LogP contribution in [0.1, 0.15) is 31.7 Å². The van der Waals surface area contributed by atoms with Crippen molar-refractivity contribution < 1.29 is 5.11 Å². The number of hydrogen-bond donors (Lipinski definition) is 1. The van der Waals surface area contributed by atoms with Crippen LogP contribution in [0.5, 0.6) is 0 Å². The number of imidazole rings is 1. The van der Waals surface area contributed by atoms with Gasteiger partial charge in [-0.05, 0) is 43.9 Å². The Morgan fingerprint density at radius 3 is 2.74 bits per heavy atom. The predicted molar refractivity (Wildman–Crippen MR) is 93.7 cm³/mol. The molecule has 1 fully saturated rings. The van der Waals surface area contributed by atoms with Gasteiger partial charge < -0.3 is 5.11 Å². The summed E-state index contributed by atoms with van der Waals surface area (Å²) in [5, 5.41) is 10.7. The van der Waals surface area contributed by atoms with Gasteiger partial charge in [0.1, 0.15) is 0 Å². The van der Waals surface area contributed by atoms with Crippen molar-refractivity contribution in [2.75, 3.05) is 0 Å². The van der Waals surface area contributed by atoms with Crippen molar-refractivity contribution in [3.8, 4) is 0 Å². The molecule has 120 valence electrons. The molecule has 0 atom stereocenters. The van der Waals surface area contributed by atoms with Crippen LogP contribution in [0.2, 0.25) is 0 Å². The highest BCUT2D eigenvalue weighted by molar-refractivity contribution is 9.10. The van der Waals surface area contributed by atoms with Crippen LogP contribution in [0, 0.1) is 0 Å². The van der Waals surface area contributed by atoms with E-state index in [1.807, 2.05) is 22.8 Å². The molecular formula is C17H18BrN3O2. The first-order valence-corrected chi connectivity index (χ1v) is 8.69. The van der Waals surface area contributed by atoms with Crippen molar-refractivity contribution in [2.45, 2.75) is 37.8 Å². The Morgan fingerprint density at radius 2 is 2.00 bits per heavy atom. The molecule has 0 saturated heterocycles. The summed E-state index contributed by atoms with van der Waals surface area (Å²) in [4.78, 5) is 17.3. The normalized spacial score (nSPS) is 22.0. The Bertz CT molecular complexity index is 952. The van der Waals surface area contributed by atoms with Gasteiger partial charge in [0.05, 0.1) is 28.9 Å². The van der Waals surface area contributed by atoms with Gasteiger partial charge in [0.25, 0.3) is 0 Å². The number of halogens is 1. The summed E-state index contributed by atoms with van der Waals surface area (Å²) >= 11 is 3.52. The highest BCUT2D eigenvalue weighted by Gasteiger charge is 2.25. The SMILES string of the molecule is Cn1c(=O)n([C@H]2CC[C@H](O)CC2)c2c3cc(Br)ccc3ncc21. The fourth-order valence-electron chi connectivity index (χ4n) is 3.65. The van der Waals surface area contributed by atoms with E-state index in [0.717, 1.165) is 52.1 Å². The minimum Gasteiger partial charge on any atom is -0.393 e. The maximum absolute atomic E-state index is 12.8. The van der Waals surface area contributed by atoms with Gasteiger partial charge in [0.2, 0.25) is 0 Å². The smallest absolute Gasteiger partial charge is 0.329 e. The number of aliphatic hydroxyl groups is 1. The minimum absolute atomic E-state index is 0.00401. The third-order valence-electron chi connectivity index (χ3n) is 4.91. The van der Waals surface area contributed by atoms with Crippen molar-refractivity contribution in [3.63, 3.8) is 0 Å². The van der Waals surface area contributed by atoms with E-state index < -0.39 is 0 Å². The molecular weight excluding hydrogens is 358 g/mol. The fraction of sp³-hybridized carbons (Fsp3) is 0.412. The van der Waals surface area contributed by atoms with E-state index in [2.05, 4.69) is 20.9 Å². The molecule has 4 rings (SSSR count). The summed E-state index contributed by atoms with van der Waals surface area (Å²) in [5.41, 5.74) is 2.68. The first kappa shape index (κ1) is 14.9. The van der Waals surface area contributed by atoms with Crippen molar-refractivity contribution in [3.05, 3.63) is 39.4 Å². The van der Waals surface area contributed by atoms with E-state index >= 15 is 0 Å². The molecule has 0 unspecified atom stereocenters. The molecule has 0 amide bonds. The van der Waals surface area contributed by atoms with E-state index in [9.17, 15) is 9.90 Å². The molecule has 3 aromatic rings. The monoisotopic (exact) mass is 375 g/mol. The van der Waals surface area contributed by atoms with Crippen molar-refractivity contribution in [2.24, 2.45) is 7.05 Å². The molecule has 5 nitrogen and oxygen atoms in total. The summed E-state index contributed by atoms with van der Waals surface area (Å²) in [6.07, 6.45) is 4.71. The zero-order chi connectivity index (χ0) is 16.1. The Morgan fingerprint density at radius 1 is 1.26 bits per heavy atom. The number of aromatic nitrogens is 3. The summed E-state index contributed by atoms with van der Waals surface area (Å²) in [6.45, 7) is 0. The van der Waals surface area contributed by atoms with Gasteiger partial charge in [-0.1, -0.05) is 15.9 Å². The van der Waals surface area contributed by atoms with Gasteiger partial charge in [-0.3, -0.25) is 14.1 Å². The lowest BCUT2D eigenvalue weighted by molar-refractivity contribution is 0.111. The molecule has 6 heteroatoms. The molecule has 1 aliphatic carbocycles. The van der Waals surface area contributed by atoms with Gasteiger partial charge in [-0.15, -0.1) is 0 Å². The second-order valence-electron chi connectivity index (χ2n) is 6.33. The third kappa shape index (κ3) is 2.32. The zero-order valence-corrected chi connectivity index (χ0v) is 14.5. The lowest BCUT2D eigenvalue weighted by atomic mass is 9.93. The number of pyridine rings is 1. The van der Waals surface area contributed by atoms with Crippen LogP contribution >= 0.6 is 15.9 Å². The van der Waals surface area contributed by atoms with E-state index in [-0.39, 0.29) is 17.8 Å². The number of nitrogens with zero attached hydrogens (tertiary/aromatic N) is 3. The lowest BCUT2D eigenvalue weighted by Crippen LogP contribution is -2.29. The zero-order valence-electron chi connectivity index (χ0n) is 12.9. The van der Waals surface area contributed by atoms with E-state index in [4.69, 9.17) is 0 Å². The Labute approximate surface area is 141 Å². The molecule has 0 aliphatic heterocycles. The summed E-state index contributed by atoms with van der Waals surface area (Å²) in [7, 11) is 1.80. The lowest BCUT2D eigenvalue weighted by Gasteiger charge is -2.26. The number of aliphatic hydroxyl groups excluding tert-OH is 1. The third-order valence-corrected chi connectivity index (χ3v) is 5.40. The quantitative estimate of drug-likeness (QED) is 0.710. The molecule has 1 N–H and O–H groups in total. The summed E-state index contributed by atoms with van der Waals surface area (Å²) in [6, 6.07) is 6.09. The first-order chi connectivity index (χ1) is 11.1. The highest BCUT2D eigenvalue weighted by atomic mass is 79.9. The van der Waals surface area contributed by atoms with Gasteiger partial charge in [0.15, 0.2) is 0 Å². The van der Waals surface area contributed by atoms with Gasteiger partial charge in [0, 0.05) is 22.9 Å². The molecule has 2 heterocycles. The molecule has 0 spiro atoms. The van der Waals surface area contributed by atoms with Crippen molar-refractivity contribution in [1.29, 1.82) is 0 Å². The number of aryl methyl sites for hydroxylation is 1. The summed E-state index contributed by atoms with van der Waals surface area (Å²) in [5.74, 6) is 0. The van der Waals surface area contributed by atoms with E-state index in [1.54, 1.807) is 17.8 Å². The van der Waals surface area contributed by atoms with Crippen LogP contribution in [0.25, 0.3) is 21.9 Å². The Kier molecular flexibility index (Phi) is 3.54. The molecule has 1 saturated carbocycles. The minimum atomic E-state index is -0.232. The molecule has 1 aliphatic rings. The Hall–Kier alpha value is -1.66. The molecule has 0 radical (unpaired) electrons. The van der Waals surface area contributed by atoms with Crippen LogP contribution in [-0.4, -0.2) is 25.3 Å². The highest BCUT2D eigenvalue weighted by Crippen LogP contribution is 2.33. The first-order valence-electron chi connectivity index (χ1n) is 7.89. The maximum atomic E-state index is 12.8. The topological polar surface area (TPSA) is 60.0 Å². The average Bonchev–Trinajstić information content (AvgIpc) is 2.80. The summed E-state index contributed by atoms with van der Waals surface area (Å²) < 4.78 is 4.56. The second kappa shape index (κ2) is 5.46. The van der Waals surface area contributed by atoms with Crippen LogP contribution in [0.3, 0.4) is 0 Å². The number of fused-ring (bicyclic) bond motifs is 3. The molecule has 1 aromatic carbocycles. The second-order valence-corrected chi connectivity index (χ2v) is 7.24. The van der Waals surface area contributed by atoms with Crippen LogP contribution in [0.15, 0.2) is 33.7 Å². The fourth-order valence-corrected chi connectivity index (χ4v) is 4.02. The number of rotatable bonds is 1. The largest absolute Gasteiger partial charge is 0.393 e. The van der Waals surface area contributed by atoms with Gasteiger partial charge >= 0.3 is 5.69 Å². The van der Waals surface area contributed by atoms with Crippen LogP contribution < -0.4 is 5.69 Å². The predicted octanol–water partition coefficient (Wildman–Crippen LogP) is 3.13. The standard InChI is InChI=1S/C17H18BrN3O2/c1-20-15-9-19-14-7-2-10(18)8-13(14)16(15)21(17(20)23)11-3-5-12(22)6-4-11/h2,7-9,11-12,22H,3-6H2,1H3/t11-,12-. The Balaban J connectivity index is 2.04. The average molecular weight is 376 g/mol. The van der Waals surface area contributed by atoms with Gasteiger partial charge in [-0.25, -0.2) is 4.79 Å². The number of benzene rings is 1. The van der Waals surface area contributed by atoms with Crippen molar-refractivity contribution in [1.82, 2.24) is 14.1 Å². The van der Waals surface area contributed by atoms with Crippen LogP contribution in [-0.2, 0) is 7.05 Å². The van der Waals surface area contributed by atoms with Crippen molar-refractivity contribution >= 4 is 37.9 Å². The molecule has 23 heavy (non-hydrogen) atoms. The van der Waals surface area contributed by atoms with Crippen LogP contribution in [0.4, 0.5) is 0 Å². The van der Waals surface area contributed by atoms with E-state index in [0.29, 0.717) is 0 Å². The van der Waals surface area contributed by atoms with Gasteiger partial charge in [-0.2, -0.15) is 0 Å². The molecule has 2 aromatic heterocycles. The van der Waals surface area contributed by atoms with E-state index in [1.165, 1.54) is 0 Å².